The molecule has 0 bridgehead atoms. The van der Waals surface area contributed by atoms with Gasteiger partial charge in [-0.15, -0.1) is 0 Å². The molecule has 1 rings (SSSR count). The van der Waals surface area contributed by atoms with E-state index in [0.717, 1.165) is 0 Å². The molecule has 104 valence electrons. The van der Waals surface area contributed by atoms with Crippen molar-refractivity contribution in [3.05, 3.63) is 28.3 Å². The molecule has 0 heterocycles. The molecule has 0 spiro atoms. The fourth-order valence-corrected chi connectivity index (χ4v) is 1.62. The van der Waals surface area contributed by atoms with Crippen LogP contribution in [-0.2, 0) is 4.79 Å². The van der Waals surface area contributed by atoms with Crippen LogP contribution in [-0.4, -0.2) is 30.5 Å². The summed E-state index contributed by atoms with van der Waals surface area (Å²) in [5, 5.41) is 13.4. The lowest BCUT2D eigenvalue weighted by Gasteiger charge is -2.20. The topological polar surface area (TPSA) is 102 Å². The van der Waals surface area contributed by atoms with Gasteiger partial charge in [-0.05, 0) is 26.0 Å². The Hall–Kier alpha value is -2.31. The van der Waals surface area contributed by atoms with E-state index in [2.05, 4.69) is 5.32 Å². The highest BCUT2D eigenvalue weighted by Crippen LogP contribution is 2.26. The van der Waals surface area contributed by atoms with Gasteiger partial charge in [0.05, 0.1) is 11.5 Å². The van der Waals surface area contributed by atoms with Crippen molar-refractivity contribution >= 4 is 23.0 Å². The normalized spacial score (nSPS) is 10.3. The second kappa shape index (κ2) is 6.03. The quantitative estimate of drug-likeness (QED) is 0.472. The van der Waals surface area contributed by atoms with Crippen molar-refractivity contribution < 1.29 is 9.72 Å². The number of carbonyl (C=O) groups excluding carboxylic acids is 1. The molecule has 0 saturated carbocycles. The Morgan fingerprint density at radius 2 is 2.16 bits per heavy atom. The Labute approximate surface area is 111 Å². The maximum absolute atomic E-state index is 11.6. The minimum absolute atomic E-state index is 0.0721. The minimum atomic E-state index is -0.537. The van der Waals surface area contributed by atoms with E-state index in [1.54, 1.807) is 18.0 Å². The Morgan fingerprint density at radius 3 is 2.63 bits per heavy atom. The molecule has 0 saturated heterocycles. The van der Waals surface area contributed by atoms with Gasteiger partial charge >= 0.3 is 0 Å². The number of nitrogens with two attached hydrogens (primary N) is 1. The number of nitro groups is 1. The molecule has 0 aliphatic rings. The molecule has 1 aromatic rings. The van der Waals surface area contributed by atoms with Gasteiger partial charge in [0.2, 0.25) is 5.91 Å². The van der Waals surface area contributed by atoms with Crippen molar-refractivity contribution in [1.82, 2.24) is 5.32 Å². The molecule has 0 atom stereocenters. The zero-order valence-electron chi connectivity index (χ0n) is 11.2. The number of nitrogens with one attached hydrogen (secondary N) is 1. The van der Waals surface area contributed by atoms with Crippen LogP contribution in [0.4, 0.5) is 17.1 Å². The first-order chi connectivity index (χ1) is 8.81. The number of carbonyl (C=O) groups is 1. The summed E-state index contributed by atoms with van der Waals surface area (Å²) < 4.78 is 0. The van der Waals surface area contributed by atoms with Crippen molar-refractivity contribution in [2.75, 3.05) is 24.2 Å². The number of hydrogen-bond acceptors (Lipinski definition) is 5. The summed E-state index contributed by atoms with van der Waals surface area (Å²) in [6.45, 7) is 3.92. The summed E-state index contributed by atoms with van der Waals surface area (Å²) in [6, 6.07) is 4.46. The standard InChI is InChI=1S/C12H18N4O3/c1-8(2)14-12(17)7-15(3)9-4-5-11(16(18)19)10(13)6-9/h4-6,8H,7,13H2,1-3H3,(H,14,17). The molecule has 0 aliphatic heterocycles. The Bertz CT molecular complexity index is 488. The average Bonchev–Trinajstić information content (AvgIpc) is 2.26. The van der Waals surface area contributed by atoms with Gasteiger partial charge in [-0.2, -0.15) is 0 Å². The highest BCUT2D eigenvalue weighted by atomic mass is 16.6. The van der Waals surface area contributed by atoms with Crippen molar-refractivity contribution in [2.45, 2.75) is 19.9 Å². The lowest BCUT2D eigenvalue weighted by atomic mass is 10.2. The SMILES string of the molecule is CC(C)NC(=O)CN(C)c1ccc([N+](=O)[O-])c(N)c1. The van der Waals surface area contributed by atoms with E-state index in [4.69, 9.17) is 5.73 Å². The Morgan fingerprint density at radius 1 is 1.53 bits per heavy atom. The van der Waals surface area contributed by atoms with Gasteiger partial charge in [0.15, 0.2) is 0 Å². The molecule has 7 nitrogen and oxygen atoms in total. The predicted molar refractivity (Wildman–Crippen MR) is 74.1 cm³/mol. The van der Waals surface area contributed by atoms with Crippen molar-refractivity contribution in [2.24, 2.45) is 0 Å². The number of benzene rings is 1. The van der Waals surface area contributed by atoms with Crippen LogP contribution in [0.15, 0.2) is 18.2 Å². The highest BCUT2D eigenvalue weighted by Gasteiger charge is 2.14. The molecule has 3 N–H and O–H groups in total. The van der Waals surface area contributed by atoms with E-state index < -0.39 is 4.92 Å². The smallest absolute Gasteiger partial charge is 0.292 e. The molecule has 0 unspecified atom stereocenters. The highest BCUT2D eigenvalue weighted by molar-refractivity contribution is 5.82. The Kier molecular flexibility index (Phi) is 4.68. The van der Waals surface area contributed by atoms with E-state index in [9.17, 15) is 14.9 Å². The lowest BCUT2D eigenvalue weighted by Crippen LogP contribution is -2.38. The predicted octanol–water partition coefficient (Wildman–Crippen LogP) is 1.14. The van der Waals surface area contributed by atoms with Crippen molar-refractivity contribution in [3.63, 3.8) is 0 Å². The van der Waals surface area contributed by atoms with Crippen LogP contribution in [0.1, 0.15) is 13.8 Å². The molecule has 1 aromatic carbocycles. The number of anilines is 2. The van der Waals surface area contributed by atoms with Gasteiger partial charge in [0.1, 0.15) is 5.69 Å². The van der Waals surface area contributed by atoms with E-state index >= 15 is 0 Å². The van der Waals surface area contributed by atoms with Crippen LogP contribution in [0.25, 0.3) is 0 Å². The maximum Gasteiger partial charge on any atom is 0.292 e. The summed E-state index contributed by atoms with van der Waals surface area (Å²) in [6.07, 6.45) is 0. The third-order valence-electron chi connectivity index (χ3n) is 2.48. The monoisotopic (exact) mass is 266 g/mol. The van der Waals surface area contributed by atoms with Crippen LogP contribution in [0, 0.1) is 10.1 Å². The summed E-state index contributed by atoms with van der Waals surface area (Å²) in [5.74, 6) is -0.116. The van der Waals surface area contributed by atoms with Crippen LogP contribution < -0.4 is 16.0 Å². The first-order valence-corrected chi connectivity index (χ1v) is 5.85. The Balaban J connectivity index is 2.78. The number of hydrogen-bond donors (Lipinski definition) is 2. The summed E-state index contributed by atoms with van der Waals surface area (Å²) in [7, 11) is 1.72. The number of nitro benzene ring substituents is 1. The number of rotatable bonds is 5. The van der Waals surface area contributed by atoms with Gasteiger partial charge in [0.25, 0.3) is 5.69 Å². The first kappa shape index (κ1) is 14.7. The molecule has 19 heavy (non-hydrogen) atoms. The molecular weight excluding hydrogens is 248 g/mol. The van der Waals surface area contributed by atoms with Gasteiger partial charge in [-0.3, -0.25) is 14.9 Å². The largest absolute Gasteiger partial charge is 0.393 e. The van der Waals surface area contributed by atoms with Gasteiger partial charge < -0.3 is 16.0 Å². The zero-order valence-corrected chi connectivity index (χ0v) is 11.2. The summed E-state index contributed by atoms with van der Waals surface area (Å²) in [4.78, 5) is 23.4. The zero-order chi connectivity index (χ0) is 14.6. The second-order valence-electron chi connectivity index (χ2n) is 4.58. The molecular formula is C12H18N4O3. The molecule has 7 heteroatoms. The number of amides is 1. The summed E-state index contributed by atoms with van der Waals surface area (Å²) in [5.41, 5.74) is 6.20. The maximum atomic E-state index is 11.6. The average molecular weight is 266 g/mol. The van der Waals surface area contributed by atoms with E-state index in [1.807, 2.05) is 13.8 Å². The van der Waals surface area contributed by atoms with Gasteiger partial charge in [-0.25, -0.2) is 0 Å². The first-order valence-electron chi connectivity index (χ1n) is 5.85. The molecule has 0 aromatic heterocycles. The number of nitrogen functional groups attached to an aromatic ring is 1. The third kappa shape index (κ3) is 4.13. The number of likely N-dealkylation sites (N-methyl/N-ethyl adjacent to an activating group) is 1. The van der Waals surface area contributed by atoms with E-state index in [1.165, 1.54) is 12.1 Å². The third-order valence-corrected chi connectivity index (χ3v) is 2.48. The summed E-state index contributed by atoms with van der Waals surface area (Å²) >= 11 is 0. The van der Waals surface area contributed by atoms with Crippen LogP contribution in [0.3, 0.4) is 0 Å². The van der Waals surface area contributed by atoms with Crippen molar-refractivity contribution in [3.8, 4) is 0 Å². The molecule has 0 fully saturated rings. The molecule has 0 aliphatic carbocycles. The minimum Gasteiger partial charge on any atom is -0.393 e. The van der Waals surface area contributed by atoms with E-state index in [-0.39, 0.29) is 29.9 Å². The molecule has 0 radical (unpaired) electrons. The van der Waals surface area contributed by atoms with Crippen LogP contribution in [0.5, 0.6) is 0 Å². The van der Waals surface area contributed by atoms with Crippen molar-refractivity contribution in [1.29, 1.82) is 0 Å². The second-order valence-corrected chi connectivity index (χ2v) is 4.58. The van der Waals surface area contributed by atoms with Gasteiger partial charge in [0, 0.05) is 24.8 Å². The lowest BCUT2D eigenvalue weighted by molar-refractivity contribution is -0.383. The molecule has 1 amide bonds. The van der Waals surface area contributed by atoms with Crippen LogP contribution in [0.2, 0.25) is 0 Å². The van der Waals surface area contributed by atoms with Crippen LogP contribution >= 0.6 is 0 Å². The number of nitrogens with zero attached hydrogens (tertiary/aromatic N) is 2. The van der Waals surface area contributed by atoms with E-state index in [0.29, 0.717) is 5.69 Å². The van der Waals surface area contributed by atoms with Gasteiger partial charge in [-0.1, -0.05) is 0 Å². The fourth-order valence-electron chi connectivity index (χ4n) is 1.62. The fraction of sp³-hybridized carbons (Fsp3) is 0.417.